The van der Waals surface area contributed by atoms with E-state index in [1.54, 1.807) is 0 Å². The molecule has 0 bridgehead atoms. The van der Waals surface area contributed by atoms with Crippen LogP contribution in [0.1, 0.15) is 84.0 Å². The van der Waals surface area contributed by atoms with E-state index < -0.39 is 21.9 Å². The summed E-state index contributed by atoms with van der Waals surface area (Å²) >= 11 is 0.649. The predicted octanol–water partition coefficient (Wildman–Crippen LogP) is 3.37. The number of ether oxygens (including phenoxy) is 1. The van der Waals surface area contributed by atoms with E-state index in [0.717, 1.165) is 19.3 Å². The number of carbonyl (C=O) groups excluding carboxylic acids is 2. The van der Waals surface area contributed by atoms with E-state index in [0.29, 0.717) is 17.9 Å². The summed E-state index contributed by atoms with van der Waals surface area (Å²) in [5, 5.41) is 14.2. The fraction of sp³-hybridized carbons (Fsp3) is 0.778. The molecule has 0 aliphatic rings. The fourth-order valence-corrected chi connectivity index (χ4v) is 3.97. The van der Waals surface area contributed by atoms with Gasteiger partial charge in [-0.3, -0.25) is 9.59 Å². The number of hydrogen-bond acceptors (Lipinski definition) is 8. The van der Waals surface area contributed by atoms with Gasteiger partial charge in [0.05, 0.1) is 13.0 Å². The molecular weight excluding hydrogens is 416 g/mol. The molecule has 0 saturated carbocycles. The first kappa shape index (κ1) is 25.4. The van der Waals surface area contributed by atoms with Gasteiger partial charge in [-0.15, -0.1) is 10.2 Å². The Morgan fingerprint density at radius 3 is 2.10 bits per heavy atom. The van der Waals surface area contributed by atoms with Crippen molar-refractivity contribution in [2.24, 2.45) is 5.14 Å². The van der Waals surface area contributed by atoms with Crippen LogP contribution in [-0.2, 0) is 24.3 Å². The van der Waals surface area contributed by atoms with Gasteiger partial charge in [-0.05, 0) is 6.42 Å². The summed E-state index contributed by atoms with van der Waals surface area (Å²) in [5.74, 6) is -0.906. The SMILES string of the molecule is CCCCCCCCCCCCOC(=O)CCC(=O)Nc1nnc(S(N)(=O)=O)s1. The van der Waals surface area contributed by atoms with Gasteiger partial charge in [0.25, 0.3) is 10.0 Å². The summed E-state index contributed by atoms with van der Waals surface area (Å²) in [6.45, 7) is 2.58. The molecule has 9 nitrogen and oxygen atoms in total. The van der Waals surface area contributed by atoms with Crippen LogP contribution in [0, 0.1) is 0 Å². The third-order valence-corrected chi connectivity index (χ3v) is 6.36. The lowest BCUT2D eigenvalue weighted by atomic mass is 10.1. The number of carbonyl (C=O) groups is 2. The molecule has 29 heavy (non-hydrogen) atoms. The van der Waals surface area contributed by atoms with Gasteiger partial charge in [0, 0.05) is 6.42 Å². The van der Waals surface area contributed by atoms with E-state index >= 15 is 0 Å². The maximum absolute atomic E-state index is 11.8. The number of amides is 1. The molecule has 3 N–H and O–H groups in total. The van der Waals surface area contributed by atoms with Crippen molar-refractivity contribution < 1.29 is 22.7 Å². The number of primary sulfonamides is 1. The molecule has 1 aromatic rings. The Bertz CT molecular complexity index is 722. The number of esters is 1. The van der Waals surface area contributed by atoms with E-state index in [-0.39, 0.29) is 22.3 Å². The highest BCUT2D eigenvalue weighted by Gasteiger charge is 2.16. The number of hydrogen-bond donors (Lipinski definition) is 2. The molecule has 1 amide bonds. The van der Waals surface area contributed by atoms with Gasteiger partial charge in [0.2, 0.25) is 15.4 Å². The maximum Gasteiger partial charge on any atom is 0.306 e. The smallest absolute Gasteiger partial charge is 0.306 e. The van der Waals surface area contributed by atoms with Crippen molar-refractivity contribution in [1.29, 1.82) is 0 Å². The number of aromatic nitrogens is 2. The Balaban J connectivity index is 2.02. The molecular formula is C18H32N4O5S2. The highest BCUT2D eigenvalue weighted by molar-refractivity contribution is 7.91. The number of unbranched alkanes of at least 4 members (excludes halogenated alkanes) is 9. The fourth-order valence-electron chi connectivity index (χ4n) is 2.62. The van der Waals surface area contributed by atoms with Crippen LogP contribution in [0.2, 0.25) is 0 Å². The molecule has 1 heterocycles. The molecule has 1 rings (SSSR count). The number of nitrogens with two attached hydrogens (primary N) is 1. The van der Waals surface area contributed by atoms with Gasteiger partial charge in [0.1, 0.15) is 0 Å². The van der Waals surface area contributed by atoms with Crippen LogP contribution in [0.5, 0.6) is 0 Å². The first-order chi connectivity index (χ1) is 13.8. The lowest BCUT2D eigenvalue weighted by molar-refractivity contribution is -0.144. The zero-order chi connectivity index (χ0) is 21.5. The van der Waals surface area contributed by atoms with Crippen molar-refractivity contribution in [1.82, 2.24) is 10.2 Å². The monoisotopic (exact) mass is 448 g/mol. The first-order valence-electron chi connectivity index (χ1n) is 10.1. The van der Waals surface area contributed by atoms with Gasteiger partial charge in [-0.2, -0.15) is 0 Å². The Morgan fingerprint density at radius 1 is 0.966 bits per heavy atom. The molecule has 0 atom stereocenters. The van der Waals surface area contributed by atoms with Gasteiger partial charge in [-0.1, -0.05) is 76.0 Å². The van der Waals surface area contributed by atoms with Crippen molar-refractivity contribution in [2.75, 3.05) is 11.9 Å². The lowest BCUT2D eigenvalue weighted by Gasteiger charge is -2.05. The van der Waals surface area contributed by atoms with Crippen LogP contribution in [0.3, 0.4) is 0 Å². The van der Waals surface area contributed by atoms with Crippen molar-refractivity contribution in [2.45, 2.75) is 88.3 Å². The highest BCUT2D eigenvalue weighted by Crippen LogP contribution is 2.18. The van der Waals surface area contributed by atoms with Crippen LogP contribution < -0.4 is 10.5 Å². The number of anilines is 1. The number of rotatable bonds is 16. The quantitative estimate of drug-likeness (QED) is 0.224. The third-order valence-electron chi connectivity index (χ3n) is 4.21. The minimum atomic E-state index is -3.95. The molecule has 0 aliphatic carbocycles. The summed E-state index contributed by atoms with van der Waals surface area (Å²) in [6.07, 6.45) is 11.9. The second-order valence-corrected chi connectivity index (χ2v) is 9.58. The molecule has 0 saturated heterocycles. The van der Waals surface area contributed by atoms with E-state index in [4.69, 9.17) is 9.88 Å². The Hall–Kier alpha value is -1.59. The van der Waals surface area contributed by atoms with Gasteiger partial charge in [0.15, 0.2) is 0 Å². The summed E-state index contributed by atoms with van der Waals surface area (Å²) in [6, 6.07) is 0. The maximum atomic E-state index is 11.8. The van der Waals surface area contributed by atoms with Crippen LogP contribution >= 0.6 is 11.3 Å². The Kier molecular flexibility index (Phi) is 12.6. The molecule has 166 valence electrons. The molecule has 0 radical (unpaired) electrons. The van der Waals surface area contributed by atoms with Crippen LogP contribution in [0.25, 0.3) is 0 Å². The minimum absolute atomic E-state index is 0.0118. The van der Waals surface area contributed by atoms with Crippen molar-refractivity contribution in [3.8, 4) is 0 Å². The molecule has 1 aromatic heterocycles. The summed E-state index contributed by atoms with van der Waals surface area (Å²) < 4.78 is 26.9. The zero-order valence-corrected chi connectivity index (χ0v) is 18.7. The topological polar surface area (TPSA) is 141 Å². The van der Waals surface area contributed by atoms with Crippen LogP contribution in [0.15, 0.2) is 4.34 Å². The molecule has 0 unspecified atom stereocenters. The van der Waals surface area contributed by atoms with E-state index in [9.17, 15) is 18.0 Å². The predicted molar refractivity (Wildman–Crippen MR) is 112 cm³/mol. The normalized spacial score (nSPS) is 11.4. The second kappa shape index (κ2) is 14.4. The standard InChI is InChI=1S/C18H32N4O5S2/c1-2-3-4-5-6-7-8-9-10-11-14-27-16(24)13-12-15(23)20-17-21-22-18(28-17)29(19,25)26/h2-14H2,1H3,(H2,19,25,26)(H,20,21,23). The van der Waals surface area contributed by atoms with Gasteiger partial charge >= 0.3 is 5.97 Å². The number of nitrogens with one attached hydrogen (secondary N) is 1. The number of sulfonamides is 1. The zero-order valence-electron chi connectivity index (χ0n) is 17.0. The summed E-state index contributed by atoms with van der Waals surface area (Å²) in [5.41, 5.74) is 0. The first-order valence-corrected chi connectivity index (χ1v) is 12.5. The van der Waals surface area contributed by atoms with Gasteiger partial charge < -0.3 is 10.1 Å². The van der Waals surface area contributed by atoms with Gasteiger partial charge in [-0.25, -0.2) is 13.6 Å². The minimum Gasteiger partial charge on any atom is -0.466 e. The Labute approximate surface area is 176 Å². The highest BCUT2D eigenvalue weighted by atomic mass is 32.2. The number of nitrogens with zero attached hydrogens (tertiary/aromatic N) is 2. The van der Waals surface area contributed by atoms with Crippen molar-refractivity contribution >= 4 is 38.4 Å². The van der Waals surface area contributed by atoms with Crippen molar-refractivity contribution in [3.63, 3.8) is 0 Å². The molecule has 0 spiro atoms. The molecule has 0 aliphatic heterocycles. The Morgan fingerprint density at radius 2 is 1.55 bits per heavy atom. The summed E-state index contributed by atoms with van der Waals surface area (Å²) in [7, 11) is -3.95. The summed E-state index contributed by atoms with van der Waals surface area (Å²) in [4.78, 5) is 23.4. The lowest BCUT2D eigenvalue weighted by Crippen LogP contribution is -2.14. The van der Waals surface area contributed by atoms with Crippen molar-refractivity contribution in [3.05, 3.63) is 0 Å². The van der Waals surface area contributed by atoms with E-state index in [1.165, 1.54) is 44.9 Å². The third kappa shape index (κ3) is 12.6. The van der Waals surface area contributed by atoms with Crippen LogP contribution in [0.4, 0.5) is 5.13 Å². The van der Waals surface area contributed by atoms with E-state index in [2.05, 4.69) is 22.4 Å². The largest absolute Gasteiger partial charge is 0.466 e. The molecule has 11 heteroatoms. The molecule has 0 aromatic carbocycles. The second-order valence-electron chi connectivity index (χ2n) is 6.87. The van der Waals surface area contributed by atoms with Crippen LogP contribution in [-0.4, -0.2) is 37.1 Å². The average Bonchev–Trinajstić information content (AvgIpc) is 3.13. The molecule has 0 fully saturated rings. The van der Waals surface area contributed by atoms with E-state index in [1.807, 2.05) is 0 Å². The average molecular weight is 449 g/mol.